The minimum atomic E-state index is -4.73. The van der Waals surface area contributed by atoms with E-state index in [9.17, 15) is 18.0 Å². The Morgan fingerprint density at radius 3 is 2.16 bits per heavy atom. The van der Waals surface area contributed by atoms with E-state index in [0.29, 0.717) is 13.1 Å². The van der Waals surface area contributed by atoms with Crippen LogP contribution in [-0.2, 0) is 9.53 Å². The molecule has 6 nitrogen and oxygen atoms in total. The molecule has 1 heterocycles. The van der Waals surface area contributed by atoms with Crippen molar-refractivity contribution in [1.29, 1.82) is 10.8 Å². The molecule has 2 fully saturated rings. The third-order valence-corrected chi connectivity index (χ3v) is 5.26. The number of ether oxygens (including phenoxy) is 1. The maximum absolute atomic E-state index is 12.4. The van der Waals surface area contributed by atoms with Crippen LogP contribution in [0.15, 0.2) is 0 Å². The number of amides is 1. The Bertz CT molecular complexity index is 501. The van der Waals surface area contributed by atoms with Crippen LogP contribution < -0.4 is 0 Å². The molecule has 1 saturated heterocycles. The molecule has 25 heavy (non-hydrogen) atoms. The van der Waals surface area contributed by atoms with Crippen molar-refractivity contribution in [2.24, 2.45) is 0 Å². The number of nitrogens with zero attached hydrogens (tertiary/aromatic N) is 2. The van der Waals surface area contributed by atoms with Crippen molar-refractivity contribution in [2.75, 3.05) is 32.8 Å². The van der Waals surface area contributed by atoms with E-state index in [0.717, 1.165) is 25.7 Å². The Morgan fingerprint density at radius 2 is 1.60 bits per heavy atom. The number of nitrogens with one attached hydrogen (secondary N) is 2. The van der Waals surface area contributed by atoms with E-state index in [1.165, 1.54) is 11.3 Å². The number of halogens is 3. The highest BCUT2D eigenvalue weighted by Crippen LogP contribution is 2.25. The second-order valence-corrected chi connectivity index (χ2v) is 7.17. The number of thioether (sulfide) groups is 1. The molecule has 1 aliphatic carbocycles. The van der Waals surface area contributed by atoms with Crippen molar-refractivity contribution < 1.29 is 22.7 Å². The number of piperazine rings is 1. The molecular weight excluding hydrogens is 357 g/mol. The summed E-state index contributed by atoms with van der Waals surface area (Å²) in [7, 11) is 0. The van der Waals surface area contributed by atoms with Gasteiger partial charge in [0.1, 0.15) is 6.61 Å². The van der Waals surface area contributed by atoms with Crippen molar-refractivity contribution >= 4 is 27.9 Å². The number of rotatable bonds is 3. The Kier molecular flexibility index (Phi) is 7.12. The molecule has 0 unspecified atom stereocenters. The van der Waals surface area contributed by atoms with Crippen LogP contribution in [-0.4, -0.2) is 71.0 Å². The lowest BCUT2D eigenvalue weighted by molar-refractivity contribution is -0.140. The zero-order valence-corrected chi connectivity index (χ0v) is 14.7. The maximum atomic E-state index is 12.4. The lowest BCUT2D eigenvalue weighted by Crippen LogP contribution is -2.51. The molecule has 0 radical (unpaired) electrons. The number of carbonyl (C=O) groups excluding carboxylic acids is 1. The molecule has 1 aliphatic heterocycles. The van der Waals surface area contributed by atoms with Crippen LogP contribution >= 0.6 is 11.8 Å². The molecule has 0 atom stereocenters. The fourth-order valence-electron chi connectivity index (χ4n) is 2.89. The fourth-order valence-corrected chi connectivity index (χ4v) is 3.51. The van der Waals surface area contributed by atoms with Crippen LogP contribution in [0.1, 0.15) is 32.1 Å². The summed E-state index contributed by atoms with van der Waals surface area (Å²) in [5.41, 5.74) is 0. The van der Waals surface area contributed by atoms with E-state index < -0.39 is 11.2 Å². The third-order valence-electron chi connectivity index (χ3n) is 4.37. The van der Waals surface area contributed by atoms with Crippen LogP contribution in [0.2, 0.25) is 0 Å². The van der Waals surface area contributed by atoms with Gasteiger partial charge in [-0.05, 0) is 24.6 Å². The lowest BCUT2D eigenvalue weighted by Gasteiger charge is -2.36. The lowest BCUT2D eigenvalue weighted by atomic mass is 9.98. The summed E-state index contributed by atoms with van der Waals surface area (Å²) < 4.78 is 42.7. The van der Waals surface area contributed by atoms with Gasteiger partial charge < -0.3 is 14.5 Å². The first kappa shape index (κ1) is 20.0. The number of hydrogen-bond acceptors (Lipinski definition) is 5. The van der Waals surface area contributed by atoms with Gasteiger partial charge in [-0.3, -0.25) is 15.6 Å². The van der Waals surface area contributed by atoms with Crippen LogP contribution in [0.3, 0.4) is 0 Å². The van der Waals surface area contributed by atoms with E-state index in [1.54, 1.807) is 4.90 Å². The quantitative estimate of drug-likeness (QED) is 0.583. The largest absolute Gasteiger partial charge is 0.439 e. The van der Waals surface area contributed by atoms with Gasteiger partial charge in [0, 0.05) is 26.2 Å². The second-order valence-electron chi connectivity index (χ2n) is 6.17. The van der Waals surface area contributed by atoms with E-state index >= 15 is 0 Å². The third kappa shape index (κ3) is 6.18. The summed E-state index contributed by atoms with van der Waals surface area (Å²) in [5.74, 6) is -0.118. The summed E-state index contributed by atoms with van der Waals surface area (Å²) in [6, 6.07) is 0. The standard InChI is InChI=1S/C15H23F3N4O2S/c16-15(17,18)13(19)25-14(20)22-8-6-21(7-9-22)12(23)10-24-11-4-2-1-3-5-11/h11,19-20H,1-10H2. The van der Waals surface area contributed by atoms with Gasteiger partial charge in [0.05, 0.1) is 6.10 Å². The summed E-state index contributed by atoms with van der Waals surface area (Å²) in [6.07, 6.45) is 0.865. The highest BCUT2D eigenvalue weighted by atomic mass is 32.2. The van der Waals surface area contributed by atoms with Gasteiger partial charge in [0.2, 0.25) is 5.91 Å². The second kappa shape index (κ2) is 8.88. The Morgan fingerprint density at radius 1 is 1.04 bits per heavy atom. The van der Waals surface area contributed by atoms with E-state index in [4.69, 9.17) is 15.6 Å². The minimum Gasteiger partial charge on any atom is -0.368 e. The van der Waals surface area contributed by atoms with Gasteiger partial charge in [0.15, 0.2) is 10.2 Å². The molecule has 10 heteroatoms. The summed E-state index contributed by atoms with van der Waals surface area (Å²) >= 11 is 0.0911. The molecule has 0 aromatic heterocycles. The zero-order chi connectivity index (χ0) is 18.4. The summed E-state index contributed by atoms with van der Waals surface area (Å²) in [5, 5.41) is 12.8. The van der Waals surface area contributed by atoms with Crippen molar-refractivity contribution in [3.8, 4) is 0 Å². The SMILES string of the molecule is N=C(SC(=N)C(F)(F)F)N1CCN(C(=O)COC2CCCCC2)CC1. The number of hydrogen-bond donors (Lipinski definition) is 2. The predicted octanol–water partition coefficient (Wildman–Crippen LogP) is 2.69. The smallest absolute Gasteiger partial charge is 0.368 e. The van der Waals surface area contributed by atoms with E-state index in [1.807, 2.05) is 0 Å². The Labute approximate surface area is 149 Å². The molecular formula is C15H23F3N4O2S. The van der Waals surface area contributed by atoms with Gasteiger partial charge in [-0.15, -0.1) is 0 Å². The first-order valence-electron chi connectivity index (χ1n) is 8.34. The van der Waals surface area contributed by atoms with Crippen LogP contribution in [0.5, 0.6) is 0 Å². The van der Waals surface area contributed by atoms with Gasteiger partial charge >= 0.3 is 6.18 Å². The van der Waals surface area contributed by atoms with Gasteiger partial charge in [-0.25, -0.2) is 0 Å². The molecule has 2 rings (SSSR count). The zero-order valence-electron chi connectivity index (χ0n) is 13.9. The molecule has 1 amide bonds. The van der Waals surface area contributed by atoms with Crippen LogP contribution in [0, 0.1) is 10.8 Å². The normalized spacial score (nSPS) is 19.8. The van der Waals surface area contributed by atoms with Crippen molar-refractivity contribution in [2.45, 2.75) is 44.4 Å². The number of alkyl halides is 3. The van der Waals surface area contributed by atoms with Crippen molar-refractivity contribution in [3.63, 3.8) is 0 Å². The number of carbonyl (C=O) groups is 1. The van der Waals surface area contributed by atoms with Gasteiger partial charge in [0.25, 0.3) is 0 Å². The molecule has 0 bridgehead atoms. The van der Waals surface area contributed by atoms with Crippen molar-refractivity contribution in [1.82, 2.24) is 9.80 Å². The average molecular weight is 380 g/mol. The maximum Gasteiger partial charge on any atom is 0.439 e. The van der Waals surface area contributed by atoms with Crippen LogP contribution in [0.4, 0.5) is 13.2 Å². The van der Waals surface area contributed by atoms with Gasteiger partial charge in [-0.1, -0.05) is 19.3 Å². The molecule has 0 aromatic carbocycles. The molecule has 1 saturated carbocycles. The topological polar surface area (TPSA) is 80.5 Å². The molecule has 0 aromatic rings. The first-order valence-corrected chi connectivity index (χ1v) is 9.15. The highest BCUT2D eigenvalue weighted by molar-refractivity contribution is 8.26. The van der Waals surface area contributed by atoms with Crippen LogP contribution in [0.25, 0.3) is 0 Å². The predicted molar refractivity (Wildman–Crippen MR) is 90.1 cm³/mol. The highest BCUT2D eigenvalue weighted by Gasteiger charge is 2.37. The Hall–Kier alpha value is -1.29. The van der Waals surface area contributed by atoms with E-state index in [2.05, 4.69) is 0 Å². The minimum absolute atomic E-state index is 0.0373. The molecule has 2 aliphatic rings. The summed E-state index contributed by atoms with van der Waals surface area (Å²) in [4.78, 5) is 15.2. The van der Waals surface area contributed by atoms with Crippen molar-refractivity contribution in [3.05, 3.63) is 0 Å². The molecule has 0 spiro atoms. The Balaban J connectivity index is 1.70. The average Bonchev–Trinajstić information content (AvgIpc) is 2.59. The monoisotopic (exact) mass is 380 g/mol. The molecule has 2 N–H and O–H groups in total. The number of amidine groups is 1. The fraction of sp³-hybridized carbons (Fsp3) is 0.800. The summed E-state index contributed by atoms with van der Waals surface area (Å²) in [6.45, 7) is 1.29. The molecule has 142 valence electrons. The first-order chi connectivity index (χ1) is 11.8. The van der Waals surface area contributed by atoms with Gasteiger partial charge in [-0.2, -0.15) is 13.2 Å². The van der Waals surface area contributed by atoms with E-state index in [-0.39, 0.29) is 48.6 Å².